The topological polar surface area (TPSA) is 18.5 Å². The lowest BCUT2D eigenvalue weighted by Gasteiger charge is -2.14. The van der Waals surface area contributed by atoms with Crippen LogP contribution in [0.15, 0.2) is 12.1 Å². The molecular formula is C16H25F3O2Si. The first-order valence-electron chi connectivity index (χ1n) is 7.95. The average molecular weight is 334 g/mol. The van der Waals surface area contributed by atoms with Crippen LogP contribution in [0.2, 0.25) is 6.04 Å². The van der Waals surface area contributed by atoms with E-state index in [1.165, 1.54) is 0 Å². The van der Waals surface area contributed by atoms with Gasteiger partial charge in [-0.15, -0.1) is 0 Å². The van der Waals surface area contributed by atoms with Crippen molar-refractivity contribution in [3.05, 3.63) is 35.1 Å². The minimum atomic E-state index is -1.52. The van der Waals surface area contributed by atoms with Crippen LogP contribution in [-0.4, -0.2) is 22.5 Å². The third-order valence-electron chi connectivity index (χ3n) is 3.43. The highest BCUT2D eigenvalue weighted by Gasteiger charge is 2.12. The fourth-order valence-electron chi connectivity index (χ4n) is 2.32. The number of benzene rings is 1. The molecule has 6 heteroatoms. The van der Waals surface area contributed by atoms with E-state index in [4.69, 9.17) is 8.85 Å². The molecule has 2 nitrogen and oxygen atoms in total. The summed E-state index contributed by atoms with van der Waals surface area (Å²) in [6.07, 6.45) is 4.15. The molecule has 0 unspecified atom stereocenters. The first kappa shape index (κ1) is 19.2. The van der Waals surface area contributed by atoms with Crippen molar-refractivity contribution < 1.29 is 22.0 Å². The Balaban J connectivity index is 2.21. The second kappa shape index (κ2) is 10.8. The van der Waals surface area contributed by atoms with Crippen LogP contribution in [0.5, 0.6) is 0 Å². The molecule has 0 aliphatic rings. The van der Waals surface area contributed by atoms with Crippen molar-refractivity contribution in [1.29, 1.82) is 0 Å². The predicted molar refractivity (Wildman–Crippen MR) is 83.7 cm³/mol. The van der Waals surface area contributed by atoms with E-state index in [1.807, 2.05) is 13.8 Å². The Labute approximate surface area is 132 Å². The van der Waals surface area contributed by atoms with Crippen molar-refractivity contribution in [2.45, 2.75) is 52.0 Å². The molecule has 0 aliphatic heterocycles. The molecular weight excluding hydrogens is 309 g/mol. The van der Waals surface area contributed by atoms with Crippen molar-refractivity contribution in [2.24, 2.45) is 0 Å². The minimum absolute atomic E-state index is 0.245. The van der Waals surface area contributed by atoms with E-state index in [-0.39, 0.29) is 5.56 Å². The number of hydrogen-bond acceptors (Lipinski definition) is 2. The van der Waals surface area contributed by atoms with Crippen molar-refractivity contribution in [3.63, 3.8) is 0 Å². The summed E-state index contributed by atoms with van der Waals surface area (Å²) in [4.78, 5) is 0. The second-order valence-electron chi connectivity index (χ2n) is 5.15. The third kappa shape index (κ3) is 6.94. The Bertz CT molecular complexity index is 438. The van der Waals surface area contributed by atoms with Crippen LogP contribution >= 0.6 is 0 Å². The van der Waals surface area contributed by atoms with E-state index in [1.54, 1.807) is 0 Å². The van der Waals surface area contributed by atoms with Gasteiger partial charge in [0.2, 0.25) is 0 Å². The van der Waals surface area contributed by atoms with E-state index in [0.717, 1.165) is 37.8 Å². The SMILES string of the molecule is CCO[SiH](CCCCCCc1cc(F)c(F)cc1F)OCC. The normalized spacial score (nSPS) is 11.4. The maximum absolute atomic E-state index is 13.4. The van der Waals surface area contributed by atoms with Gasteiger partial charge >= 0.3 is 9.28 Å². The summed E-state index contributed by atoms with van der Waals surface area (Å²) in [6, 6.07) is 2.55. The lowest BCUT2D eigenvalue weighted by molar-refractivity contribution is 0.212. The van der Waals surface area contributed by atoms with Crippen molar-refractivity contribution in [2.75, 3.05) is 13.2 Å². The summed E-state index contributed by atoms with van der Waals surface area (Å²) in [5.74, 6) is -2.79. The molecule has 126 valence electrons. The molecule has 0 saturated heterocycles. The molecule has 0 spiro atoms. The molecule has 0 aromatic heterocycles. The molecule has 1 rings (SSSR count). The Morgan fingerprint density at radius 3 is 2.05 bits per heavy atom. The molecule has 0 N–H and O–H groups in total. The van der Waals surface area contributed by atoms with E-state index >= 15 is 0 Å². The molecule has 0 heterocycles. The standard InChI is InChI=1S/C16H25F3O2Si/c1-3-20-22(21-4-2)10-8-6-5-7-9-13-11-15(18)16(19)12-14(13)17/h11-12,22H,3-10H2,1-2H3. The van der Waals surface area contributed by atoms with Gasteiger partial charge in [-0.1, -0.05) is 19.3 Å². The summed E-state index contributed by atoms with van der Waals surface area (Å²) in [5, 5.41) is 0. The number of rotatable bonds is 11. The number of halogens is 3. The maximum Gasteiger partial charge on any atom is 0.321 e. The lowest BCUT2D eigenvalue weighted by Crippen LogP contribution is -2.22. The van der Waals surface area contributed by atoms with Crippen LogP contribution in [0.3, 0.4) is 0 Å². The lowest BCUT2D eigenvalue weighted by atomic mass is 10.1. The van der Waals surface area contributed by atoms with Gasteiger partial charge in [0.1, 0.15) is 5.82 Å². The Kier molecular flexibility index (Phi) is 9.43. The van der Waals surface area contributed by atoms with Gasteiger partial charge in [-0.25, -0.2) is 13.2 Å². The highest BCUT2D eigenvalue weighted by atomic mass is 28.3. The molecule has 0 aliphatic carbocycles. The highest BCUT2D eigenvalue weighted by molar-refractivity contribution is 6.44. The minimum Gasteiger partial charge on any atom is -0.397 e. The molecule has 0 amide bonds. The largest absolute Gasteiger partial charge is 0.397 e. The van der Waals surface area contributed by atoms with Gasteiger partial charge in [0, 0.05) is 19.3 Å². The van der Waals surface area contributed by atoms with Gasteiger partial charge in [0.05, 0.1) is 0 Å². The average Bonchev–Trinajstić information content (AvgIpc) is 2.48. The van der Waals surface area contributed by atoms with Gasteiger partial charge < -0.3 is 8.85 Å². The Hall–Kier alpha value is -0.853. The quantitative estimate of drug-likeness (QED) is 0.337. The smallest absolute Gasteiger partial charge is 0.321 e. The van der Waals surface area contributed by atoms with Crippen LogP contribution < -0.4 is 0 Å². The number of unbranched alkanes of at least 4 members (excludes halogenated alkanes) is 3. The maximum atomic E-state index is 13.4. The van der Waals surface area contributed by atoms with Gasteiger partial charge in [0.25, 0.3) is 0 Å². The zero-order valence-electron chi connectivity index (χ0n) is 13.3. The predicted octanol–water partition coefficient (Wildman–Crippen LogP) is 4.50. The van der Waals surface area contributed by atoms with Crippen LogP contribution in [0.1, 0.15) is 45.1 Å². The Morgan fingerprint density at radius 1 is 0.818 bits per heavy atom. The first-order chi connectivity index (χ1) is 10.6. The number of aryl methyl sites for hydroxylation is 1. The summed E-state index contributed by atoms with van der Waals surface area (Å²) in [7, 11) is -1.52. The Morgan fingerprint density at radius 2 is 1.41 bits per heavy atom. The summed E-state index contributed by atoms with van der Waals surface area (Å²) in [6.45, 7) is 5.31. The third-order valence-corrected chi connectivity index (χ3v) is 5.72. The van der Waals surface area contributed by atoms with E-state index < -0.39 is 26.7 Å². The molecule has 0 atom stereocenters. The van der Waals surface area contributed by atoms with Crippen LogP contribution in [0.25, 0.3) is 0 Å². The fourth-order valence-corrected chi connectivity index (χ4v) is 4.12. The zero-order chi connectivity index (χ0) is 16.4. The molecule has 1 aromatic carbocycles. The molecule has 0 fully saturated rings. The number of hydrogen-bond donors (Lipinski definition) is 0. The van der Waals surface area contributed by atoms with E-state index in [0.29, 0.717) is 25.7 Å². The molecule has 0 saturated carbocycles. The van der Waals surface area contributed by atoms with Crippen LogP contribution in [0.4, 0.5) is 13.2 Å². The van der Waals surface area contributed by atoms with Crippen LogP contribution in [-0.2, 0) is 15.3 Å². The zero-order valence-corrected chi connectivity index (χ0v) is 14.5. The fraction of sp³-hybridized carbons (Fsp3) is 0.625. The summed E-state index contributed by atoms with van der Waals surface area (Å²) >= 11 is 0. The van der Waals surface area contributed by atoms with Crippen molar-refractivity contribution >= 4 is 9.28 Å². The van der Waals surface area contributed by atoms with Crippen molar-refractivity contribution in [1.82, 2.24) is 0 Å². The van der Waals surface area contributed by atoms with Crippen molar-refractivity contribution in [3.8, 4) is 0 Å². The van der Waals surface area contributed by atoms with Gasteiger partial charge in [-0.05, 0) is 44.4 Å². The first-order valence-corrected chi connectivity index (χ1v) is 9.71. The summed E-state index contributed by atoms with van der Waals surface area (Å²) < 4.78 is 50.5. The second-order valence-corrected chi connectivity index (χ2v) is 7.25. The molecule has 1 aromatic rings. The highest BCUT2D eigenvalue weighted by Crippen LogP contribution is 2.17. The van der Waals surface area contributed by atoms with E-state index in [9.17, 15) is 13.2 Å². The van der Waals surface area contributed by atoms with E-state index in [2.05, 4.69) is 0 Å². The molecule has 0 bridgehead atoms. The molecule has 0 radical (unpaired) electrons. The monoisotopic (exact) mass is 334 g/mol. The molecule has 22 heavy (non-hydrogen) atoms. The van der Waals surface area contributed by atoms with Crippen LogP contribution in [0, 0.1) is 17.5 Å². The van der Waals surface area contributed by atoms with Gasteiger partial charge in [0.15, 0.2) is 11.6 Å². The summed E-state index contributed by atoms with van der Waals surface area (Å²) in [5.41, 5.74) is 0.245. The van der Waals surface area contributed by atoms with Gasteiger partial charge in [-0.2, -0.15) is 0 Å². The van der Waals surface area contributed by atoms with Gasteiger partial charge in [-0.3, -0.25) is 0 Å².